The molecule has 0 bridgehead atoms. The van der Waals surface area contributed by atoms with Gasteiger partial charge in [-0.15, -0.1) is 0 Å². The molecule has 0 spiro atoms. The van der Waals surface area contributed by atoms with Crippen LogP contribution in [-0.2, 0) is 9.53 Å². The SMILES string of the molecule is Cc1cccc2sc(N(CC3CCCO3)C(=O)C(c3ccccc3)c3ccccc3)nc12. The van der Waals surface area contributed by atoms with Gasteiger partial charge in [-0.2, -0.15) is 0 Å². The highest BCUT2D eigenvalue weighted by atomic mass is 32.1. The lowest BCUT2D eigenvalue weighted by molar-refractivity contribution is -0.119. The predicted octanol–water partition coefficient (Wildman–Crippen LogP) is 5.95. The molecule has 0 aliphatic carbocycles. The van der Waals surface area contributed by atoms with Crippen molar-refractivity contribution in [2.75, 3.05) is 18.1 Å². The topological polar surface area (TPSA) is 42.4 Å². The maximum Gasteiger partial charge on any atom is 0.240 e. The van der Waals surface area contributed by atoms with E-state index in [9.17, 15) is 4.79 Å². The Kier molecular flexibility index (Phi) is 6.02. The molecule has 1 amide bonds. The molecule has 1 unspecified atom stereocenters. The third-order valence-electron chi connectivity index (χ3n) is 6.03. The van der Waals surface area contributed by atoms with E-state index >= 15 is 0 Å². The number of aromatic nitrogens is 1. The fourth-order valence-electron chi connectivity index (χ4n) is 4.37. The minimum Gasteiger partial charge on any atom is -0.376 e. The largest absolute Gasteiger partial charge is 0.376 e. The predicted molar refractivity (Wildman–Crippen MR) is 130 cm³/mol. The normalized spacial score (nSPS) is 16.0. The first-order valence-electron chi connectivity index (χ1n) is 11.1. The third-order valence-corrected chi connectivity index (χ3v) is 7.07. The molecule has 32 heavy (non-hydrogen) atoms. The second kappa shape index (κ2) is 9.23. The van der Waals surface area contributed by atoms with Gasteiger partial charge in [-0.3, -0.25) is 9.69 Å². The lowest BCUT2D eigenvalue weighted by atomic mass is 9.90. The molecule has 1 aliphatic rings. The Morgan fingerprint density at radius 3 is 2.31 bits per heavy atom. The van der Waals surface area contributed by atoms with E-state index in [1.165, 1.54) is 0 Å². The second-order valence-corrected chi connectivity index (χ2v) is 9.27. The van der Waals surface area contributed by atoms with Gasteiger partial charge in [0.15, 0.2) is 5.13 Å². The summed E-state index contributed by atoms with van der Waals surface area (Å²) in [4.78, 5) is 21.0. The summed E-state index contributed by atoms with van der Waals surface area (Å²) in [5.41, 5.74) is 4.06. The highest BCUT2D eigenvalue weighted by molar-refractivity contribution is 7.22. The molecule has 4 nitrogen and oxygen atoms in total. The van der Waals surface area contributed by atoms with Crippen molar-refractivity contribution in [3.8, 4) is 0 Å². The minimum atomic E-state index is -0.396. The fourth-order valence-corrected chi connectivity index (χ4v) is 5.43. The van der Waals surface area contributed by atoms with Crippen LogP contribution in [0.5, 0.6) is 0 Å². The number of anilines is 1. The number of nitrogens with zero attached hydrogens (tertiary/aromatic N) is 2. The number of benzene rings is 3. The summed E-state index contributed by atoms with van der Waals surface area (Å²) in [7, 11) is 0. The summed E-state index contributed by atoms with van der Waals surface area (Å²) in [5.74, 6) is -0.360. The number of carbonyl (C=O) groups excluding carboxylic acids is 1. The first-order chi connectivity index (χ1) is 15.7. The molecule has 1 aromatic heterocycles. The van der Waals surface area contributed by atoms with E-state index in [1.807, 2.05) is 71.6 Å². The van der Waals surface area contributed by atoms with Crippen molar-refractivity contribution >= 4 is 32.6 Å². The second-order valence-electron chi connectivity index (χ2n) is 8.26. The smallest absolute Gasteiger partial charge is 0.240 e. The molecule has 0 saturated carbocycles. The number of hydrogen-bond acceptors (Lipinski definition) is 4. The molecular weight excluding hydrogens is 416 g/mol. The summed E-state index contributed by atoms with van der Waals surface area (Å²) >= 11 is 1.58. The Bertz CT molecular complexity index is 1160. The van der Waals surface area contributed by atoms with E-state index in [0.29, 0.717) is 6.54 Å². The molecule has 1 atom stereocenters. The van der Waals surface area contributed by atoms with Gasteiger partial charge in [-0.1, -0.05) is 84.1 Å². The van der Waals surface area contributed by atoms with Crippen LogP contribution < -0.4 is 4.90 Å². The average molecular weight is 443 g/mol. The Hall–Kier alpha value is -3.02. The van der Waals surface area contributed by atoms with Crippen LogP contribution >= 0.6 is 11.3 Å². The Morgan fingerprint density at radius 1 is 1.03 bits per heavy atom. The van der Waals surface area contributed by atoms with Crippen LogP contribution in [0.2, 0.25) is 0 Å². The van der Waals surface area contributed by atoms with Gasteiger partial charge in [0.1, 0.15) is 0 Å². The number of fused-ring (bicyclic) bond motifs is 1. The van der Waals surface area contributed by atoms with Crippen LogP contribution in [0.15, 0.2) is 78.9 Å². The zero-order valence-corrected chi connectivity index (χ0v) is 18.9. The van der Waals surface area contributed by atoms with Gasteiger partial charge >= 0.3 is 0 Å². The zero-order valence-electron chi connectivity index (χ0n) is 18.1. The molecule has 4 aromatic rings. The lowest BCUT2D eigenvalue weighted by Crippen LogP contribution is -2.40. The van der Waals surface area contributed by atoms with Gasteiger partial charge in [0, 0.05) is 6.61 Å². The van der Waals surface area contributed by atoms with Crippen molar-refractivity contribution in [1.82, 2.24) is 4.98 Å². The molecule has 1 saturated heterocycles. The zero-order chi connectivity index (χ0) is 21.9. The van der Waals surface area contributed by atoms with Crippen molar-refractivity contribution < 1.29 is 9.53 Å². The quantitative estimate of drug-likeness (QED) is 0.371. The van der Waals surface area contributed by atoms with Crippen LogP contribution in [-0.4, -0.2) is 30.1 Å². The first kappa shape index (κ1) is 20.9. The van der Waals surface area contributed by atoms with E-state index < -0.39 is 5.92 Å². The monoisotopic (exact) mass is 442 g/mol. The van der Waals surface area contributed by atoms with Crippen LogP contribution in [0.25, 0.3) is 10.2 Å². The van der Waals surface area contributed by atoms with Crippen LogP contribution in [0, 0.1) is 6.92 Å². The Balaban J connectivity index is 1.59. The molecule has 2 heterocycles. The molecule has 1 fully saturated rings. The molecule has 1 aliphatic heterocycles. The molecule has 162 valence electrons. The summed E-state index contributed by atoms with van der Waals surface area (Å²) in [6.07, 6.45) is 2.04. The summed E-state index contributed by atoms with van der Waals surface area (Å²) in [5, 5.41) is 0.742. The van der Waals surface area contributed by atoms with E-state index in [2.05, 4.69) is 19.1 Å². The number of ether oxygens (including phenoxy) is 1. The van der Waals surface area contributed by atoms with E-state index in [1.54, 1.807) is 11.3 Å². The third kappa shape index (κ3) is 4.18. The highest BCUT2D eigenvalue weighted by Gasteiger charge is 2.32. The molecule has 3 aromatic carbocycles. The van der Waals surface area contributed by atoms with Gasteiger partial charge in [-0.05, 0) is 42.5 Å². The van der Waals surface area contributed by atoms with Crippen molar-refractivity contribution in [2.45, 2.75) is 31.8 Å². The maximum absolute atomic E-state index is 14.2. The van der Waals surface area contributed by atoms with Crippen molar-refractivity contribution in [2.24, 2.45) is 0 Å². The average Bonchev–Trinajstić information content (AvgIpc) is 3.49. The van der Waals surface area contributed by atoms with Gasteiger partial charge in [0.05, 0.1) is 28.8 Å². The van der Waals surface area contributed by atoms with Crippen LogP contribution in [0.3, 0.4) is 0 Å². The van der Waals surface area contributed by atoms with Gasteiger partial charge < -0.3 is 4.74 Å². The minimum absolute atomic E-state index is 0.0367. The van der Waals surface area contributed by atoms with Crippen LogP contribution in [0.4, 0.5) is 5.13 Å². The van der Waals surface area contributed by atoms with Crippen molar-refractivity contribution in [3.63, 3.8) is 0 Å². The lowest BCUT2D eigenvalue weighted by Gasteiger charge is -2.28. The molecule has 0 radical (unpaired) electrons. The standard InChI is InChI=1S/C27H26N2O2S/c1-19-10-8-16-23-25(19)28-27(32-23)29(18-22-15-9-17-31-22)26(30)24(20-11-4-2-5-12-20)21-13-6-3-7-14-21/h2-8,10-14,16,22,24H,9,15,17-18H2,1H3. The molecule has 5 rings (SSSR count). The van der Waals surface area contributed by atoms with Gasteiger partial charge in [0.2, 0.25) is 5.91 Å². The fraction of sp³-hybridized carbons (Fsp3) is 0.259. The number of thiazole rings is 1. The highest BCUT2D eigenvalue weighted by Crippen LogP contribution is 2.35. The summed E-state index contributed by atoms with van der Waals surface area (Å²) < 4.78 is 7.03. The number of amides is 1. The number of rotatable bonds is 6. The Morgan fingerprint density at radius 2 is 1.72 bits per heavy atom. The molecule has 5 heteroatoms. The van der Waals surface area contributed by atoms with Crippen LogP contribution in [0.1, 0.15) is 35.4 Å². The van der Waals surface area contributed by atoms with Crippen molar-refractivity contribution in [3.05, 3.63) is 95.6 Å². The first-order valence-corrected chi connectivity index (χ1v) is 11.9. The number of hydrogen-bond donors (Lipinski definition) is 0. The summed E-state index contributed by atoms with van der Waals surface area (Å²) in [6.45, 7) is 3.34. The van der Waals surface area contributed by atoms with E-state index in [4.69, 9.17) is 9.72 Å². The molecular formula is C27H26N2O2S. The number of aryl methyl sites for hydroxylation is 1. The van der Waals surface area contributed by atoms with E-state index in [0.717, 1.165) is 51.5 Å². The van der Waals surface area contributed by atoms with Gasteiger partial charge in [0.25, 0.3) is 0 Å². The van der Waals surface area contributed by atoms with Crippen molar-refractivity contribution in [1.29, 1.82) is 0 Å². The molecule has 0 N–H and O–H groups in total. The van der Waals surface area contributed by atoms with Gasteiger partial charge in [-0.25, -0.2) is 4.98 Å². The Labute approximate surface area is 192 Å². The van der Waals surface area contributed by atoms with E-state index in [-0.39, 0.29) is 12.0 Å². The number of para-hydroxylation sites is 1. The summed E-state index contributed by atoms with van der Waals surface area (Å²) in [6, 6.07) is 26.2. The number of carbonyl (C=O) groups is 1. The maximum atomic E-state index is 14.2.